The third kappa shape index (κ3) is 2.68. The summed E-state index contributed by atoms with van der Waals surface area (Å²) in [5, 5.41) is 7.84. The predicted molar refractivity (Wildman–Crippen MR) is 102 cm³/mol. The van der Waals surface area contributed by atoms with Gasteiger partial charge in [-0.3, -0.25) is 14.8 Å². The lowest BCUT2D eigenvalue weighted by molar-refractivity contribution is -0.0551. The molecule has 27 heavy (non-hydrogen) atoms. The second kappa shape index (κ2) is 6.03. The molecule has 2 bridgehead atoms. The number of H-pyrrole nitrogens is 1. The molecule has 2 aromatic heterocycles. The molecule has 1 amide bonds. The molecule has 4 fully saturated rings. The highest BCUT2D eigenvalue weighted by atomic mass is 16.2. The Balaban J connectivity index is 1.23. The minimum atomic E-state index is 0.0872. The van der Waals surface area contributed by atoms with E-state index in [1.165, 1.54) is 45.1 Å². The average molecular weight is 365 g/mol. The molecule has 6 rings (SSSR count). The number of likely N-dealkylation sites (tertiary alicyclic amines) is 1. The van der Waals surface area contributed by atoms with Crippen LogP contribution in [0, 0.1) is 17.8 Å². The number of pyridine rings is 1. The summed E-state index contributed by atoms with van der Waals surface area (Å²) in [7, 11) is 0. The first kappa shape index (κ1) is 16.0. The van der Waals surface area contributed by atoms with Crippen LogP contribution in [0.15, 0.2) is 18.3 Å². The van der Waals surface area contributed by atoms with Gasteiger partial charge in [-0.15, -0.1) is 0 Å². The maximum Gasteiger partial charge on any atom is 0.272 e. The molecule has 6 heteroatoms. The van der Waals surface area contributed by atoms with Crippen LogP contribution >= 0.6 is 0 Å². The number of fused-ring (bicyclic) bond motifs is 5. The van der Waals surface area contributed by atoms with Gasteiger partial charge in [-0.1, -0.05) is 6.42 Å². The molecular formula is C21H27N5O. The zero-order valence-electron chi connectivity index (χ0n) is 15.7. The molecule has 1 aliphatic carbocycles. The van der Waals surface area contributed by atoms with Crippen LogP contribution in [0.5, 0.6) is 0 Å². The van der Waals surface area contributed by atoms with E-state index in [4.69, 9.17) is 0 Å². The first-order valence-corrected chi connectivity index (χ1v) is 10.6. The Hall–Kier alpha value is -1.95. The van der Waals surface area contributed by atoms with Crippen LogP contribution in [0.1, 0.15) is 49.0 Å². The maximum atomic E-state index is 13.2. The highest BCUT2D eigenvalue weighted by molar-refractivity contribution is 5.94. The molecule has 0 radical (unpaired) electrons. The van der Waals surface area contributed by atoms with Gasteiger partial charge in [0.2, 0.25) is 0 Å². The van der Waals surface area contributed by atoms with Crippen molar-refractivity contribution in [3.63, 3.8) is 0 Å². The van der Waals surface area contributed by atoms with Gasteiger partial charge >= 0.3 is 0 Å². The van der Waals surface area contributed by atoms with Crippen molar-refractivity contribution >= 4 is 16.9 Å². The summed E-state index contributed by atoms with van der Waals surface area (Å²) >= 11 is 0. The van der Waals surface area contributed by atoms with Crippen molar-refractivity contribution in [2.45, 2.75) is 50.6 Å². The highest BCUT2D eigenvalue weighted by Gasteiger charge is 2.48. The molecule has 6 nitrogen and oxygen atoms in total. The molecule has 4 atom stereocenters. The highest BCUT2D eigenvalue weighted by Crippen LogP contribution is 2.46. The largest absolute Gasteiger partial charge is 0.337 e. The van der Waals surface area contributed by atoms with Gasteiger partial charge in [0.25, 0.3) is 5.91 Å². The smallest absolute Gasteiger partial charge is 0.272 e. The monoisotopic (exact) mass is 365 g/mol. The molecule has 4 aliphatic rings. The lowest BCUT2D eigenvalue weighted by Gasteiger charge is -2.55. The van der Waals surface area contributed by atoms with Gasteiger partial charge in [0.15, 0.2) is 5.65 Å². The van der Waals surface area contributed by atoms with Crippen LogP contribution in [0.4, 0.5) is 0 Å². The summed E-state index contributed by atoms with van der Waals surface area (Å²) < 4.78 is 0. The molecule has 3 saturated heterocycles. The van der Waals surface area contributed by atoms with Crippen molar-refractivity contribution in [3.8, 4) is 0 Å². The zero-order valence-corrected chi connectivity index (χ0v) is 15.7. The average Bonchev–Trinajstić information content (AvgIpc) is 3.43. The minimum Gasteiger partial charge on any atom is -0.337 e. The zero-order chi connectivity index (χ0) is 18.0. The van der Waals surface area contributed by atoms with E-state index in [1.54, 1.807) is 6.20 Å². The van der Waals surface area contributed by atoms with Crippen molar-refractivity contribution in [1.29, 1.82) is 0 Å². The van der Waals surface area contributed by atoms with Gasteiger partial charge in [0, 0.05) is 37.1 Å². The fraction of sp³-hybridized carbons (Fsp3) is 0.667. The van der Waals surface area contributed by atoms with E-state index in [-0.39, 0.29) is 5.91 Å². The van der Waals surface area contributed by atoms with Gasteiger partial charge in [0.05, 0.1) is 6.20 Å². The first-order valence-electron chi connectivity index (χ1n) is 10.6. The molecule has 142 valence electrons. The molecule has 5 heterocycles. The Morgan fingerprint density at radius 3 is 2.74 bits per heavy atom. The Labute approximate surface area is 159 Å². The van der Waals surface area contributed by atoms with Crippen molar-refractivity contribution < 1.29 is 4.79 Å². The van der Waals surface area contributed by atoms with Crippen molar-refractivity contribution in [3.05, 3.63) is 24.0 Å². The van der Waals surface area contributed by atoms with Crippen LogP contribution < -0.4 is 0 Å². The van der Waals surface area contributed by atoms with E-state index in [1.807, 2.05) is 12.1 Å². The van der Waals surface area contributed by atoms with Crippen molar-refractivity contribution in [2.75, 3.05) is 19.6 Å². The molecule has 2 aromatic rings. The molecule has 1 saturated carbocycles. The van der Waals surface area contributed by atoms with Crippen LogP contribution in [0.25, 0.3) is 11.0 Å². The Morgan fingerprint density at radius 2 is 1.89 bits per heavy atom. The number of rotatable bonds is 2. The SMILES string of the molecule is O=C(c1ccc2cn[nH]c2n1)N1C[C@@H]2C[C@H](C1)[C@@H]1CCC[C@H](C3CC3)N1C2. The Morgan fingerprint density at radius 1 is 1.04 bits per heavy atom. The number of hydrogen-bond donors (Lipinski definition) is 1. The number of piperidine rings is 3. The third-order valence-electron chi connectivity index (χ3n) is 7.41. The summed E-state index contributed by atoms with van der Waals surface area (Å²) in [6, 6.07) is 5.31. The minimum absolute atomic E-state index is 0.0872. The second-order valence-corrected chi connectivity index (χ2v) is 9.18. The van der Waals surface area contributed by atoms with Crippen LogP contribution in [0.3, 0.4) is 0 Å². The lowest BCUT2D eigenvalue weighted by atomic mass is 9.74. The van der Waals surface area contributed by atoms with Gasteiger partial charge < -0.3 is 4.90 Å². The van der Waals surface area contributed by atoms with Crippen molar-refractivity contribution in [1.82, 2.24) is 25.0 Å². The van der Waals surface area contributed by atoms with Crippen LogP contribution in [0.2, 0.25) is 0 Å². The second-order valence-electron chi connectivity index (χ2n) is 9.18. The number of hydrogen-bond acceptors (Lipinski definition) is 4. The van der Waals surface area contributed by atoms with E-state index < -0.39 is 0 Å². The quantitative estimate of drug-likeness (QED) is 0.889. The maximum absolute atomic E-state index is 13.2. The topological polar surface area (TPSA) is 65.1 Å². The van der Waals surface area contributed by atoms with Crippen LogP contribution in [-0.2, 0) is 0 Å². The number of carbonyl (C=O) groups excluding carboxylic acids is 1. The summed E-state index contributed by atoms with van der Waals surface area (Å²) in [6.45, 7) is 2.98. The van der Waals surface area contributed by atoms with E-state index in [2.05, 4.69) is 25.0 Å². The Kier molecular flexibility index (Phi) is 3.58. The first-order chi connectivity index (χ1) is 13.3. The summed E-state index contributed by atoms with van der Waals surface area (Å²) in [6.07, 6.45) is 10.0. The van der Waals surface area contributed by atoms with Crippen molar-refractivity contribution in [2.24, 2.45) is 17.8 Å². The third-order valence-corrected chi connectivity index (χ3v) is 7.41. The molecular weight excluding hydrogens is 338 g/mol. The number of aromatic nitrogens is 3. The number of aromatic amines is 1. The van der Waals surface area contributed by atoms with E-state index >= 15 is 0 Å². The normalized spacial score (nSPS) is 33.9. The summed E-state index contributed by atoms with van der Waals surface area (Å²) in [5.41, 5.74) is 1.24. The van der Waals surface area contributed by atoms with E-state index in [9.17, 15) is 4.79 Å². The summed E-state index contributed by atoms with van der Waals surface area (Å²) in [5.74, 6) is 2.32. The molecule has 0 aromatic carbocycles. The number of nitrogens with zero attached hydrogens (tertiary/aromatic N) is 4. The standard InChI is InChI=1S/C21H27N5O/c27-21(17-7-6-15-9-22-24-20(15)23-17)25-10-13-8-16(12-25)19-3-1-2-18(14-4-5-14)26(19)11-13/h6-7,9,13-14,16,18-19H,1-5,8,10-12H2,(H,22,23,24)/t13-,16+,18+,19-/m0/s1. The van der Waals surface area contributed by atoms with E-state index in [0.717, 1.165) is 30.4 Å². The molecule has 3 aliphatic heterocycles. The van der Waals surface area contributed by atoms with Gasteiger partial charge in [0.1, 0.15) is 5.69 Å². The van der Waals surface area contributed by atoms with Gasteiger partial charge in [-0.05, 0) is 62.0 Å². The number of carbonyl (C=O) groups is 1. The fourth-order valence-corrected chi connectivity index (χ4v) is 6.11. The molecule has 0 spiro atoms. The molecule has 1 N–H and O–H groups in total. The summed E-state index contributed by atoms with van der Waals surface area (Å²) in [4.78, 5) is 22.6. The number of nitrogens with one attached hydrogen (secondary N) is 1. The fourth-order valence-electron chi connectivity index (χ4n) is 6.11. The Bertz CT molecular complexity index is 874. The predicted octanol–water partition coefficient (Wildman–Crippen LogP) is 2.68. The number of amides is 1. The lowest BCUT2D eigenvalue weighted by Crippen LogP contribution is -2.62. The van der Waals surface area contributed by atoms with Gasteiger partial charge in [-0.2, -0.15) is 5.10 Å². The molecule has 0 unspecified atom stereocenters. The van der Waals surface area contributed by atoms with Crippen LogP contribution in [-0.4, -0.2) is 62.6 Å². The van der Waals surface area contributed by atoms with Gasteiger partial charge in [-0.25, -0.2) is 4.98 Å². The van der Waals surface area contributed by atoms with E-state index in [0.29, 0.717) is 29.2 Å².